The van der Waals surface area contributed by atoms with Gasteiger partial charge in [-0.15, -0.1) is 0 Å². The van der Waals surface area contributed by atoms with Crippen molar-refractivity contribution in [1.82, 2.24) is 4.98 Å². The van der Waals surface area contributed by atoms with Crippen LogP contribution in [0.2, 0.25) is 0 Å². The number of aromatic amines is 1. The van der Waals surface area contributed by atoms with E-state index in [0.29, 0.717) is 13.0 Å². The minimum atomic E-state index is -0.131. The Labute approximate surface area is 142 Å². The van der Waals surface area contributed by atoms with Gasteiger partial charge in [-0.05, 0) is 43.9 Å². The molecule has 1 N–H and O–H groups in total. The second kappa shape index (κ2) is 7.35. The molecule has 3 nitrogen and oxygen atoms in total. The predicted molar refractivity (Wildman–Crippen MR) is 96.9 cm³/mol. The molecule has 0 amide bonds. The Hall–Kier alpha value is -2.55. The van der Waals surface area contributed by atoms with Crippen LogP contribution in [-0.2, 0) is 22.6 Å². The fraction of sp³-hybridized carbons (Fsp3) is 0.286. The first-order chi connectivity index (χ1) is 11.6. The zero-order chi connectivity index (χ0) is 16.9. The number of carbonyl (C=O) groups is 1. The van der Waals surface area contributed by atoms with E-state index in [9.17, 15) is 4.79 Å². The third-order valence-electron chi connectivity index (χ3n) is 4.18. The molecule has 0 spiro atoms. The molecular formula is C21H23NO2. The van der Waals surface area contributed by atoms with Crippen LogP contribution >= 0.6 is 0 Å². The molecule has 0 fully saturated rings. The van der Waals surface area contributed by atoms with Crippen LogP contribution in [0.3, 0.4) is 0 Å². The number of aryl methyl sites for hydroxylation is 3. The van der Waals surface area contributed by atoms with Crippen molar-refractivity contribution in [2.75, 3.05) is 0 Å². The summed E-state index contributed by atoms with van der Waals surface area (Å²) in [6.07, 6.45) is 4.16. The molecule has 1 heterocycles. The van der Waals surface area contributed by atoms with Crippen LogP contribution in [-0.4, -0.2) is 11.0 Å². The minimum Gasteiger partial charge on any atom is -0.461 e. The van der Waals surface area contributed by atoms with E-state index in [1.165, 1.54) is 22.1 Å². The van der Waals surface area contributed by atoms with Crippen molar-refractivity contribution in [1.29, 1.82) is 0 Å². The fourth-order valence-corrected chi connectivity index (χ4v) is 3.15. The summed E-state index contributed by atoms with van der Waals surface area (Å²) in [5.41, 5.74) is 5.84. The number of aromatic nitrogens is 1. The van der Waals surface area contributed by atoms with Gasteiger partial charge in [0.15, 0.2) is 0 Å². The molecule has 1 aromatic heterocycles. The average molecular weight is 321 g/mol. The average Bonchev–Trinajstić information content (AvgIpc) is 2.96. The van der Waals surface area contributed by atoms with Gasteiger partial charge in [-0.25, -0.2) is 0 Å². The van der Waals surface area contributed by atoms with Crippen molar-refractivity contribution in [2.24, 2.45) is 0 Å². The van der Waals surface area contributed by atoms with Crippen LogP contribution in [0, 0.1) is 13.8 Å². The van der Waals surface area contributed by atoms with Crippen molar-refractivity contribution < 1.29 is 9.53 Å². The summed E-state index contributed by atoms with van der Waals surface area (Å²) in [5.74, 6) is -0.131. The highest BCUT2D eigenvalue weighted by Crippen LogP contribution is 2.19. The van der Waals surface area contributed by atoms with Crippen LogP contribution in [0.25, 0.3) is 10.9 Å². The maximum atomic E-state index is 11.9. The normalized spacial score (nSPS) is 10.9. The Morgan fingerprint density at radius 2 is 1.83 bits per heavy atom. The molecule has 3 aromatic rings. The third-order valence-corrected chi connectivity index (χ3v) is 4.18. The van der Waals surface area contributed by atoms with Gasteiger partial charge in [0.1, 0.15) is 6.61 Å². The molecule has 0 aliphatic rings. The van der Waals surface area contributed by atoms with E-state index >= 15 is 0 Å². The van der Waals surface area contributed by atoms with Crippen LogP contribution in [0.4, 0.5) is 0 Å². The Kier molecular flexibility index (Phi) is 4.99. The maximum Gasteiger partial charge on any atom is 0.306 e. The molecule has 0 saturated carbocycles. The van der Waals surface area contributed by atoms with Crippen LogP contribution in [0.15, 0.2) is 48.7 Å². The van der Waals surface area contributed by atoms with Crippen LogP contribution in [0.5, 0.6) is 0 Å². The molecule has 0 atom stereocenters. The number of hydrogen-bond donors (Lipinski definition) is 1. The van der Waals surface area contributed by atoms with E-state index in [4.69, 9.17) is 4.74 Å². The van der Waals surface area contributed by atoms with Gasteiger partial charge in [-0.3, -0.25) is 4.79 Å². The highest BCUT2D eigenvalue weighted by atomic mass is 16.5. The number of rotatable bonds is 6. The molecule has 0 unspecified atom stereocenters. The molecule has 0 saturated heterocycles. The number of carbonyl (C=O) groups excluding carboxylic acids is 1. The SMILES string of the molecule is Cc1cc(C)cc(COC(=O)CCCc2c[nH]c3ccccc23)c1. The van der Waals surface area contributed by atoms with Crippen molar-refractivity contribution in [2.45, 2.75) is 39.7 Å². The Morgan fingerprint density at radius 1 is 1.08 bits per heavy atom. The van der Waals surface area contributed by atoms with Crippen molar-refractivity contribution in [3.63, 3.8) is 0 Å². The van der Waals surface area contributed by atoms with E-state index in [0.717, 1.165) is 23.9 Å². The van der Waals surface area contributed by atoms with Gasteiger partial charge in [0, 0.05) is 23.5 Å². The summed E-state index contributed by atoms with van der Waals surface area (Å²) in [4.78, 5) is 15.2. The second-order valence-corrected chi connectivity index (χ2v) is 6.37. The molecule has 2 aromatic carbocycles. The highest BCUT2D eigenvalue weighted by molar-refractivity contribution is 5.83. The standard InChI is InChI=1S/C21H23NO2/c1-15-10-16(2)12-17(11-15)14-24-21(23)9-5-6-18-13-22-20-8-4-3-7-19(18)20/h3-4,7-8,10-13,22H,5-6,9,14H2,1-2H3. The number of esters is 1. The maximum absolute atomic E-state index is 11.9. The van der Waals surface area contributed by atoms with Gasteiger partial charge in [0.25, 0.3) is 0 Å². The van der Waals surface area contributed by atoms with Crippen molar-refractivity contribution in [3.8, 4) is 0 Å². The molecule has 3 heteroatoms. The molecule has 24 heavy (non-hydrogen) atoms. The molecular weight excluding hydrogens is 298 g/mol. The summed E-state index contributed by atoms with van der Waals surface area (Å²) < 4.78 is 5.40. The zero-order valence-electron chi connectivity index (χ0n) is 14.3. The van der Waals surface area contributed by atoms with Gasteiger partial charge in [-0.2, -0.15) is 0 Å². The fourth-order valence-electron chi connectivity index (χ4n) is 3.15. The monoisotopic (exact) mass is 321 g/mol. The lowest BCUT2D eigenvalue weighted by Crippen LogP contribution is -2.05. The minimum absolute atomic E-state index is 0.131. The van der Waals surface area contributed by atoms with E-state index in [-0.39, 0.29) is 5.97 Å². The Morgan fingerprint density at radius 3 is 2.62 bits per heavy atom. The van der Waals surface area contributed by atoms with Crippen molar-refractivity contribution >= 4 is 16.9 Å². The second-order valence-electron chi connectivity index (χ2n) is 6.37. The summed E-state index contributed by atoms with van der Waals surface area (Å²) in [6, 6.07) is 14.5. The van der Waals surface area contributed by atoms with E-state index in [1.54, 1.807) is 0 Å². The molecule has 3 rings (SSSR count). The molecule has 0 aliphatic heterocycles. The van der Waals surface area contributed by atoms with Crippen LogP contribution < -0.4 is 0 Å². The van der Waals surface area contributed by atoms with Crippen LogP contribution in [0.1, 0.15) is 35.1 Å². The van der Waals surface area contributed by atoms with E-state index in [2.05, 4.69) is 49.2 Å². The summed E-state index contributed by atoms with van der Waals surface area (Å²) in [5, 5.41) is 1.24. The Bertz CT molecular complexity index is 828. The van der Waals surface area contributed by atoms with Gasteiger partial charge in [0.2, 0.25) is 0 Å². The molecule has 124 valence electrons. The van der Waals surface area contributed by atoms with E-state index in [1.807, 2.05) is 18.3 Å². The number of ether oxygens (including phenoxy) is 1. The molecule has 0 radical (unpaired) electrons. The number of hydrogen-bond acceptors (Lipinski definition) is 2. The lowest BCUT2D eigenvalue weighted by Gasteiger charge is -2.07. The number of fused-ring (bicyclic) bond motifs is 1. The van der Waals surface area contributed by atoms with Gasteiger partial charge in [-0.1, -0.05) is 47.5 Å². The first-order valence-electron chi connectivity index (χ1n) is 8.39. The number of para-hydroxylation sites is 1. The third kappa shape index (κ3) is 4.05. The zero-order valence-corrected chi connectivity index (χ0v) is 14.3. The number of benzene rings is 2. The smallest absolute Gasteiger partial charge is 0.306 e. The number of nitrogens with one attached hydrogen (secondary N) is 1. The first kappa shape index (κ1) is 16.3. The molecule has 0 bridgehead atoms. The lowest BCUT2D eigenvalue weighted by molar-refractivity contribution is -0.145. The summed E-state index contributed by atoms with van der Waals surface area (Å²) in [7, 11) is 0. The highest BCUT2D eigenvalue weighted by Gasteiger charge is 2.07. The topological polar surface area (TPSA) is 42.1 Å². The van der Waals surface area contributed by atoms with Crippen molar-refractivity contribution in [3.05, 3.63) is 70.9 Å². The lowest BCUT2D eigenvalue weighted by atomic mass is 10.1. The predicted octanol–water partition coefficient (Wildman–Crippen LogP) is 4.85. The summed E-state index contributed by atoms with van der Waals surface area (Å²) >= 11 is 0. The summed E-state index contributed by atoms with van der Waals surface area (Å²) in [6.45, 7) is 4.47. The first-order valence-corrected chi connectivity index (χ1v) is 8.39. The van der Waals surface area contributed by atoms with Gasteiger partial charge in [0.05, 0.1) is 0 Å². The van der Waals surface area contributed by atoms with Gasteiger partial charge >= 0.3 is 5.97 Å². The van der Waals surface area contributed by atoms with Gasteiger partial charge < -0.3 is 9.72 Å². The molecule has 0 aliphatic carbocycles. The Balaban J connectivity index is 1.47. The van der Waals surface area contributed by atoms with E-state index < -0.39 is 0 Å². The number of H-pyrrole nitrogens is 1. The quantitative estimate of drug-likeness (QED) is 0.659. The largest absolute Gasteiger partial charge is 0.461 e.